The maximum Gasteiger partial charge on any atom is 0.274 e. The van der Waals surface area contributed by atoms with Crippen LogP contribution in [0.3, 0.4) is 0 Å². The molecule has 0 atom stereocenters. The molecule has 1 saturated heterocycles. The molecular weight excluding hydrogens is 360 g/mol. The van der Waals surface area contributed by atoms with E-state index in [1.807, 2.05) is 23.3 Å². The number of aromatic nitrogens is 2. The van der Waals surface area contributed by atoms with E-state index in [-0.39, 0.29) is 16.6 Å². The second kappa shape index (κ2) is 8.60. The Hall–Kier alpha value is -1.70. The third kappa shape index (κ3) is 4.48. The molecule has 0 saturated carbocycles. The summed E-state index contributed by atoms with van der Waals surface area (Å²) < 4.78 is 5.35. The van der Waals surface area contributed by atoms with Crippen molar-refractivity contribution >= 4 is 34.8 Å². The van der Waals surface area contributed by atoms with Crippen LogP contribution in [0, 0.1) is 0 Å². The van der Waals surface area contributed by atoms with E-state index in [1.165, 1.54) is 11.1 Å². The molecule has 0 bridgehead atoms. The van der Waals surface area contributed by atoms with Gasteiger partial charge in [-0.25, -0.2) is 9.97 Å². The van der Waals surface area contributed by atoms with Gasteiger partial charge in [-0.05, 0) is 24.8 Å². The molecule has 2 aromatic rings. The SMILES string of the molecule is CCN(CCc1cccs1)C(=O)c1nc(N2CCOCC2)ncc1Cl. The Kier molecular flexibility index (Phi) is 6.23. The molecule has 0 unspecified atom stereocenters. The van der Waals surface area contributed by atoms with E-state index >= 15 is 0 Å². The van der Waals surface area contributed by atoms with Crippen molar-refractivity contribution in [3.05, 3.63) is 39.3 Å². The van der Waals surface area contributed by atoms with E-state index in [2.05, 4.69) is 16.0 Å². The largest absolute Gasteiger partial charge is 0.378 e. The highest BCUT2D eigenvalue weighted by molar-refractivity contribution is 7.09. The number of nitrogens with zero attached hydrogens (tertiary/aromatic N) is 4. The fourth-order valence-corrected chi connectivity index (χ4v) is 3.55. The summed E-state index contributed by atoms with van der Waals surface area (Å²) >= 11 is 7.92. The van der Waals surface area contributed by atoms with E-state index in [0.29, 0.717) is 45.3 Å². The average Bonchev–Trinajstić information content (AvgIpc) is 3.17. The summed E-state index contributed by atoms with van der Waals surface area (Å²) in [6.07, 6.45) is 2.34. The Balaban J connectivity index is 1.74. The first-order valence-corrected chi connectivity index (χ1v) is 9.61. The Labute approximate surface area is 156 Å². The van der Waals surface area contributed by atoms with Gasteiger partial charge in [-0.15, -0.1) is 11.3 Å². The van der Waals surface area contributed by atoms with Gasteiger partial charge in [0.15, 0.2) is 5.69 Å². The molecule has 0 radical (unpaired) electrons. The van der Waals surface area contributed by atoms with Crippen LogP contribution in [0.4, 0.5) is 5.95 Å². The number of hydrogen-bond acceptors (Lipinski definition) is 6. The van der Waals surface area contributed by atoms with Crippen molar-refractivity contribution in [2.45, 2.75) is 13.3 Å². The van der Waals surface area contributed by atoms with E-state index < -0.39 is 0 Å². The molecule has 0 aromatic carbocycles. The molecule has 134 valence electrons. The molecule has 6 nitrogen and oxygen atoms in total. The number of carbonyl (C=O) groups excluding carboxylic acids is 1. The van der Waals surface area contributed by atoms with Gasteiger partial charge in [-0.1, -0.05) is 17.7 Å². The monoisotopic (exact) mass is 380 g/mol. The van der Waals surface area contributed by atoms with Crippen LogP contribution in [-0.4, -0.2) is 60.2 Å². The molecule has 1 aliphatic heterocycles. The molecule has 0 aliphatic carbocycles. The van der Waals surface area contributed by atoms with Crippen LogP contribution in [0.25, 0.3) is 0 Å². The molecule has 1 amide bonds. The Morgan fingerprint density at radius 2 is 2.24 bits per heavy atom. The standard InChI is InChI=1S/C17H21ClN4O2S/c1-2-21(6-5-13-4-3-11-25-13)16(23)15-14(18)12-19-17(20-15)22-7-9-24-10-8-22/h3-4,11-12H,2,5-10H2,1H3. The molecule has 0 N–H and O–H groups in total. The van der Waals surface area contributed by atoms with Crippen molar-refractivity contribution < 1.29 is 9.53 Å². The highest BCUT2D eigenvalue weighted by Crippen LogP contribution is 2.19. The maximum atomic E-state index is 12.9. The fraction of sp³-hybridized carbons (Fsp3) is 0.471. The average molecular weight is 381 g/mol. The molecule has 3 rings (SSSR count). The second-order valence-electron chi connectivity index (χ2n) is 5.68. The molecule has 0 spiro atoms. The number of halogens is 1. The molecule has 2 aromatic heterocycles. The van der Waals surface area contributed by atoms with Crippen molar-refractivity contribution in [3.8, 4) is 0 Å². The third-order valence-corrected chi connectivity index (χ3v) is 5.32. The van der Waals surface area contributed by atoms with E-state index in [4.69, 9.17) is 16.3 Å². The predicted molar refractivity (Wildman–Crippen MR) is 99.7 cm³/mol. The van der Waals surface area contributed by atoms with Crippen molar-refractivity contribution in [1.29, 1.82) is 0 Å². The van der Waals surface area contributed by atoms with Crippen LogP contribution in [0.1, 0.15) is 22.3 Å². The predicted octanol–water partition coefficient (Wildman–Crippen LogP) is 2.73. The van der Waals surface area contributed by atoms with Crippen LogP contribution >= 0.6 is 22.9 Å². The smallest absolute Gasteiger partial charge is 0.274 e. The van der Waals surface area contributed by atoms with Gasteiger partial charge in [0.2, 0.25) is 5.95 Å². The minimum Gasteiger partial charge on any atom is -0.378 e. The van der Waals surface area contributed by atoms with Gasteiger partial charge in [0, 0.05) is 31.1 Å². The second-order valence-corrected chi connectivity index (χ2v) is 7.12. The van der Waals surface area contributed by atoms with Crippen molar-refractivity contribution in [3.63, 3.8) is 0 Å². The number of carbonyl (C=O) groups is 1. The summed E-state index contributed by atoms with van der Waals surface area (Å²) in [5.74, 6) is 0.381. The first-order chi connectivity index (χ1) is 12.2. The lowest BCUT2D eigenvalue weighted by molar-refractivity contribution is 0.0760. The zero-order valence-electron chi connectivity index (χ0n) is 14.2. The number of thiophene rings is 1. The van der Waals surface area contributed by atoms with E-state index in [0.717, 1.165) is 6.42 Å². The van der Waals surface area contributed by atoms with Crippen molar-refractivity contribution in [2.75, 3.05) is 44.3 Å². The van der Waals surface area contributed by atoms with Gasteiger partial charge in [0.25, 0.3) is 5.91 Å². The zero-order valence-corrected chi connectivity index (χ0v) is 15.7. The molecular formula is C17H21ClN4O2S. The number of ether oxygens (including phenoxy) is 1. The molecule has 1 aliphatic rings. The van der Waals surface area contributed by atoms with Gasteiger partial charge in [0.05, 0.1) is 24.4 Å². The van der Waals surface area contributed by atoms with Crippen LogP contribution in [-0.2, 0) is 11.2 Å². The molecule has 25 heavy (non-hydrogen) atoms. The lowest BCUT2D eigenvalue weighted by atomic mass is 10.3. The summed E-state index contributed by atoms with van der Waals surface area (Å²) in [7, 11) is 0. The van der Waals surface area contributed by atoms with Crippen LogP contribution in [0.2, 0.25) is 5.02 Å². The number of likely N-dealkylation sites (N-methyl/N-ethyl adjacent to an activating group) is 1. The van der Waals surface area contributed by atoms with Gasteiger partial charge >= 0.3 is 0 Å². The summed E-state index contributed by atoms with van der Waals surface area (Å²) in [5, 5.41) is 2.33. The Morgan fingerprint density at radius 1 is 1.44 bits per heavy atom. The third-order valence-electron chi connectivity index (χ3n) is 4.11. The Bertz CT molecular complexity index is 705. The number of rotatable bonds is 6. The van der Waals surface area contributed by atoms with Crippen molar-refractivity contribution in [1.82, 2.24) is 14.9 Å². The number of hydrogen-bond donors (Lipinski definition) is 0. The number of amides is 1. The van der Waals surface area contributed by atoms with Gasteiger partial charge in [-0.3, -0.25) is 4.79 Å². The van der Waals surface area contributed by atoms with E-state index in [9.17, 15) is 4.79 Å². The van der Waals surface area contributed by atoms with Gasteiger partial charge in [0.1, 0.15) is 0 Å². The Morgan fingerprint density at radius 3 is 2.92 bits per heavy atom. The first-order valence-electron chi connectivity index (χ1n) is 8.36. The van der Waals surface area contributed by atoms with Gasteiger partial charge < -0.3 is 14.5 Å². The number of morpholine rings is 1. The fourth-order valence-electron chi connectivity index (χ4n) is 2.68. The van der Waals surface area contributed by atoms with Crippen molar-refractivity contribution in [2.24, 2.45) is 0 Å². The highest BCUT2D eigenvalue weighted by Gasteiger charge is 2.22. The quantitative estimate of drug-likeness (QED) is 0.771. The normalized spacial score (nSPS) is 14.6. The minimum absolute atomic E-state index is 0.152. The number of anilines is 1. The minimum atomic E-state index is -0.152. The lowest BCUT2D eigenvalue weighted by Crippen LogP contribution is -2.38. The molecule has 8 heteroatoms. The summed E-state index contributed by atoms with van der Waals surface area (Å²) in [4.78, 5) is 26.7. The highest BCUT2D eigenvalue weighted by atomic mass is 35.5. The van der Waals surface area contributed by atoms with Crippen LogP contribution in [0.15, 0.2) is 23.7 Å². The molecule has 1 fully saturated rings. The topological polar surface area (TPSA) is 58.6 Å². The first kappa shape index (κ1) is 18.1. The van der Waals surface area contributed by atoms with E-state index in [1.54, 1.807) is 16.2 Å². The van der Waals surface area contributed by atoms with Crippen LogP contribution in [0.5, 0.6) is 0 Å². The maximum absolute atomic E-state index is 12.9. The molecule has 3 heterocycles. The summed E-state index contributed by atoms with van der Waals surface area (Å²) in [6.45, 7) is 5.91. The lowest BCUT2D eigenvalue weighted by Gasteiger charge is -2.27. The summed E-state index contributed by atoms with van der Waals surface area (Å²) in [6, 6.07) is 4.10. The van der Waals surface area contributed by atoms with Crippen LogP contribution < -0.4 is 4.90 Å². The summed E-state index contributed by atoms with van der Waals surface area (Å²) in [5.41, 5.74) is 0.270. The van der Waals surface area contributed by atoms with Gasteiger partial charge in [-0.2, -0.15) is 0 Å². The zero-order chi connectivity index (χ0) is 17.6.